The Balaban J connectivity index is 2.04. The second-order valence-electron chi connectivity index (χ2n) is 5.46. The first kappa shape index (κ1) is 13.8. The van der Waals surface area contributed by atoms with Crippen LogP contribution < -0.4 is 4.74 Å². The molecule has 0 spiro atoms. The lowest BCUT2D eigenvalue weighted by molar-refractivity contribution is 0.0693. The van der Waals surface area contributed by atoms with E-state index in [2.05, 4.69) is 23.8 Å². The average Bonchev–Trinajstić information content (AvgIpc) is 2.33. The Labute approximate surface area is 113 Å². The molecule has 5 nitrogen and oxygen atoms in total. The van der Waals surface area contributed by atoms with E-state index in [0.717, 1.165) is 25.2 Å². The van der Waals surface area contributed by atoms with Crippen LogP contribution in [0.15, 0.2) is 6.20 Å². The quantitative estimate of drug-likeness (QED) is 0.908. The monoisotopic (exact) mass is 264 g/mol. The van der Waals surface area contributed by atoms with Crippen molar-refractivity contribution in [3.8, 4) is 6.01 Å². The molecule has 1 N–H and O–H groups in total. The largest absolute Gasteiger partial charge is 0.478 e. The number of aryl methyl sites for hydroxylation is 1. The van der Waals surface area contributed by atoms with Crippen LogP contribution in [0.2, 0.25) is 0 Å². The molecule has 3 atom stereocenters. The van der Waals surface area contributed by atoms with Gasteiger partial charge in [-0.15, -0.1) is 0 Å². The van der Waals surface area contributed by atoms with Gasteiger partial charge < -0.3 is 9.84 Å². The minimum atomic E-state index is -1.01. The lowest BCUT2D eigenvalue weighted by Gasteiger charge is -2.31. The van der Waals surface area contributed by atoms with Gasteiger partial charge in [-0.3, -0.25) is 0 Å². The molecule has 0 saturated heterocycles. The highest BCUT2D eigenvalue weighted by Gasteiger charge is 2.26. The molecule has 0 aliphatic heterocycles. The van der Waals surface area contributed by atoms with E-state index in [9.17, 15) is 4.79 Å². The summed E-state index contributed by atoms with van der Waals surface area (Å²) in [5.41, 5.74) is 0.563. The smallest absolute Gasteiger partial charge is 0.339 e. The molecule has 1 aliphatic carbocycles. The van der Waals surface area contributed by atoms with E-state index in [4.69, 9.17) is 9.84 Å². The highest BCUT2D eigenvalue weighted by atomic mass is 16.5. The fraction of sp³-hybridized carbons (Fsp3) is 0.643. The van der Waals surface area contributed by atoms with Gasteiger partial charge in [-0.2, -0.15) is 4.98 Å². The molecule has 104 valence electrons. The molecule has 1 heterocycles. The molecule has 2 rings (SSSR count). The van der Waals surface area contributed by atoms with Gasteiger partial charge in [0.2, 0.25) is 0 Å². The van der Waals surface area contributed by atoms with Crippen LogP contribution in [0.5, 0.6) is 6.01 Å². The van der Waals surface area contributed by atoms with Gasteiger partial charge in [-0.25, -0.2) is 9.78 Å². The lowest BCUT2D eigenvalue weighted by atomic mass is 9.80. The molecule has 0 radical (unpaired) electrons. The van der Waals surface area contributed by atoms with E-state index in [1.54, 1.807) is 6.92 Å². The third kappa shape index (κ3) is 3.22. The van der Waals surface area contributed by atoms with Gasteiger partial charge in [0.25, 0.3) is 0 Å². The van der Waals surface area contributed by atoms with Gasteiger partial charge in [0.05, 0.1) is 11.3 Å². The molecule has 19 heavy (non-hydrogen) atoms. The summed E-state index contributed by atoms with van der Waals surface area (Å²) in [5.74, 6) is 0.360. The summed E-state index contributed by atoms with van der Waals surface area (Å²) < 4.78 is 5.77. The number of carboxylic acids is 1. The number of ether oxygens (including phenoxy) is 1. The van der Waals surface area contributed by atoms with Crippen LogP contribution in [0.3, 0.4) is 0 Å². The van der Waals surface area contributed by atoms with Crippen molar-refractivity contribution in [3.05, 3.63) is 17.5 Å². The molecule has 1 fully saturated rings. The Morgan fingerprint density at radius 2 is 2.11 bits per heavy atom. The van der Waals surface area contributed by atoms with E-state index in [1.807, 2.05) is 0 Å². The zero-order valence-corrected chi connectivity index (χ0v) is 11.6. The Kier molecular flexibility index (Phi) is 4.02. The van der Waals surface area contributed by atoms with E-state index >= 15 is 0 Å². The molecular formula is C14H20N2O3. The summed E-state index contributed by atoms with van der Waals surface area (Å²) in [4.78, 5) is 19.0. The van der Waals surface area contributed by atoms with Gasteiger partial charge in [0.15, 0.2) is 0 Å². The zero-order chi connectivity index (χ0) is 14.0. The molecule has 1 aliphatic rings. The summed E-state index contributed by atoms with van der Waals surface area (Å²) in [6.07, 6.45) is 4.62. The van der Waals surface area contributed by atoms with Crippen molar-refractivity contribution in [2.75, 3.05) is 0 Å². The van der Waals surface area contributed by atoms with Crippen molar-refractivity contribution in [1.29, 1.82) is 0 Å². The van der Waals surface area contributed by atoms with Crippen molar-refractivity contribution in [2.24, 2.45) is 11.8 Å². The first-order valence-electron chi connectivity index (χ1n) is 6.71. The number of hydrogen-bond donors (Lipinski definition) is 1. The van der Waals surface area contributed by atoms with Gasteiger partial charge in [-0.1, -0.05) is 13.8 Å². The summed E-state index contributed by atoms with van der Waals surface area (Å²) >= 11 is 0. The Hall–Kier alpha value is -1.65. The summed E-state index contributed by atoms with van der Waals surface area (Å²) in [5, 5.41) is 8.92. The second-order valence-corrected chi connectivity index (χ2v) is 5.46. The van der Waals surface area contributed by atoms with E-state index < -0.39 is 5.97 Å². The number of carbonyl (C=O) groups is 1. The minimum Gasteiger partial charge on any atom is -0.478 e. The number of aromatic carboxylic acids is 1. The number of aromatic nitrogens is 2. The standard InChI is InChI=1S/C14H20N2O3/c1-8-4-5-11(6-9(8)2)19-14-15-7-12(13(17)18)10(3)16-14/h7-9,11H,4-6H2,1-3H3,(H,17,18). The molecule has 1 aromatic rings. The Morgan fingerprint density at radius 3 is 2.68 bits per heavy atom. The topological polar surface area (TPSA) is 72.3 Å². The lowest BCUT2D eigenvalue weighted by Crippen LogP contribution is -2.29. The number of nitrogens with zero attached hydrogens (tertiary/aromatic N) is 2. The van der Waals surface area contributed by atoms with Crippen molar-refractivity contribution >= 4 is 5.97 Å². The average molecular weight is 264 g/mol. The van der Waals surface area contributed by atoms with Crippen molar-refractivity contribution < 1.29 is 14.6 Å². The van der Waals surface area contributed by atoms with E-state index in [0.29, 0.717) is 11.6 Å². The minimum absolute atomic E-state index is 0.123. The molecule has 3 unspecified atom stereocenters. The van der Waals surface area contributed by atoms with Crippen LogP contribution in [0.25, 0.3) is 0 Å². The van der Waals surface area contributed by atoms with Crippen LogP contribution in [0, 0.1) is 18.8 Å². The predicted molar refractivity (Wildman–Crippen MR) is 70.3 cm³/mol. The normalized spacial score (nSPS) is 27.0. The zero-order valence-electron chi connectivity index (χ0n) is 11.6. The third-order valence-corrected chi connectivity index (χ3v) is 4.01. The van der Waals surface area contributed by atoms with E-state index in [-0.39, 0.29) is 17.7 Å². The van der Waals surface area contributed by atoms with Crippen LogP contribution >= 0.6 is 0 Å². The number of hydrogen-bond acceptors (Lipinski definition) is 4. The maximum Gasteiger partial charge on any atom is 0.339 e. The van der Waals surface area contributed by atoms with Gasteiger partial charge in [-0.05, 0) is 38.0 Å². The molecule has 5 heteroatoms. The highest BCUT2D eigenvalue weighted by molar-refractivity contribution is 5.88. The molecule has 0 amide bonds. The first-order chi connectivity index (χ1) is 8.97. The summed E-state index contributed by atoms with van der Waals surface area (Å²) in [6.45, 7) is 6.16. The van der Waals surface area contributed by atoms with Crippen LogP contribution in [-0.2, 0) is 0 Å². The summed E-state index contributed by atoms with van der Waals surface area (Å²) in [6, 6.07) is 0.286. The molecule has 1 saturated carbocycles. The summed E-state index contributed by atoms with van der Waals surface area (Å²) in [7, 11) is 0. The van der Waals surface area contributed by atoms with Gasteiger partial charge in [0.1, 0.15) is 6.10 Å². The Morgan fingerprint density at radius 1 is 1.37 bits per heavy atom. The van der Waals surface area contributed by atoms with E-state index in [1.165, 1.54) is 6.20 Å². The molecular weight excluding hydrogens is 244 g/mol. The van der Waals surface area contributed by atoms with Gasteiger partial charge >= 0.3 is 12.0 Å². The third-order valence-electron chi connectivity index (χ3n) is 4.01. The fourth-order valence-electron chi connectivity index (χ4n) is 2.47. The molecule has 0 aromatic carbocycles. The maximum absolute atomic E-state index is 10.9. The highest BCUT2D eigenvalue weighted by Crippen LogP contribution is 2.31. The first-order valence-corrected chi connectivity index (χ1v) is 6.71. The van der Waals surface area contributed by atoms with Gasteiger partial charge in [0, 0.05) is 6.20 Å². The van der Waals surface area contributed by atoms with Crippen LogP contribution in [0.4, 0.5) is 0 Å². The van der Waals surface area contributed by atoms with Crippen molar-refractivity contribution in [1.82, 2.24) is 9.97 Å². The number of rotatable bonds is 3. The van der Waals surface area contributed by atoms with Crippen LogP contribution in [-0.4, -0.2) is 27.1 Å². The maximum atomic E-state index is 10.9. The van der Waals surface area contributed by atoms with Crippen LogP contribution in [0.1, 0.15) is 49.2 Å². The fourth-order valence-corrected chi connectivity index (χ4v) is 2.47. The van der Waals surface area contributed by atoms with Crippen molar-refractivity contribution in [3.63, 3.8) is 0 Å². The SMILES string of the molecule is Cc1nc(OC2CCC(C)C(C)C2)ncc1C(=O)O. The molecule has 0 bridgehead atoms. The van der Waals surface area contributed by atoms with Crippen molar-refractivity contribution in [2.45, 2.75) is 46.1 Å². The Bertz CT molecular complexity index is 476. The predicted octanol–water partition coefficient (Wildman–Crippen LogP) is 2.69. The number of carboxylic acid groups (broad SMARTS) is 1. The second kappa shape index (κ2) is 5.55. The molecule has 1 aromatic heterocycles.